The minimum Gasteiger partial charge on any atom is -0.462 e. The molecule has 1 N–H and O–H groups in total. The highest BCUT2D eigenvalue weighted by Crippen LogP contribution is 2.23. The normalized spacial score (nSPS) is 10.5. The summed E-state index contributed by atoms with van der Waals surface area (Å²) in [5, 5.41) is 10.7. The van der Waals surface area contributed by atoms with E-state index in [9.17, 15) is 9.59 Å². The molecular formula is C17H15N3O5S. The smallest absolute Gasteiger partial charge is 0.338 e. The molecule has 0 unspecified atom stereocenters. The maximum atomic E-state index is 12.1. The van der Waals surface area contributed by atoms with Crippen molar-refractivity contribution in [2.45, 2.75) is 12.1 Å². The van der Waals surface area contributed by atoms with Gasteiger partial charge in [-0.25, -0.2) is 4.79 Å². The molecule has 0 bridgehead atoms. The zero-order chi connectivity index (χ0) is 18.4. The Balaban J connectivity index is 1.54. The molecule has 0 spiro atoms. The van der Waals surface area contributed by atoms with Crippen LogP contribution < -0.4 is 5.32 Å². The van der Waals surface area contributed by atoms with Gasteiger partial charge in [0.25, 0.3) is 11.1 Å². The second-order valence-electron chi connectivity index (χ2n) is 4.99. The Bertz CT molecular complexity index is 891. The summed E-state index contributed by atoms with van der Waals surface area (Å²) in [4.78, 5) is 23.8. The summed E-state index contributed by atoms with van der Waals surface area (Å²) < 4.78 is 15.5. The summed E-state index contributed by atoms with van der Waals surface area (Å²) in [5.74, 6) is 0.0799. The van der Waals surface area contributed by atoms with Crippen LogP contribution in [-0.2, 0) is 9.53 Å². The molecule has 8 nitrogen and oxygen atoms in total. The van der Waals surface area contributed by atoms with E-state index >= 15 is 0 Å². The number of nitrogens with zero attached hydrogens (tertiary/aromatic N) is 2. The number of rotatable bonds is 7. The topological polar surface area (TPSA) is 107 Å². The van der Waals surface area contributed by atoms with Crippen molar-refractivity contribution in [2.75, 3.05) is 17.7 Å². The van der Waals surface area contributed by atoms with E-state index in [4.69, 9.17) is 13.6 Å². The van der Waals surface area contributed by atoms with Crippen LogP contribution in [0.5, 0.6) is 0 Å². The number of benzene rings is 1. The van der Waals surface area contributed by atoms with E-state index in [0.29, 0.717) is 17.0 Å². The third-order valence-electron chi connectivity index (χ3n) is 3.12. The minimum absolute atomic E-state index is 0.0728. The molecule has 1 amide bonds. The van der Waals surface area contributed by atoms with Crippen LogP contribution in [0.4, 0.5) is 5.69 Å². The highest BCUT2D eigenvalue weighted by Gasteiger charge is 2.13. The predicted octanol–water partition coefficient (Wildman–Crippen LogP) is 3.24. The molecule has 0 fully saturated rings. The number of amides is 1. The van der Waals surface area contributed by atoms with Crippen molar-refractivity contribution >= 4 is 29.3 Å². The lowest BCUT2D eigenvalue weighted by Crippen LogP contribution is -2.14. The molecule has 2 heterocycles. The Morgan fingerprint density at radius 1 is 1.23 bits per heavy atom. The van der Waals surface area contributed by atoms with Gasteiger partial charge >= 0.3 is 5.97 Å². The molecule has 3 rings (SSSR count). The third-order valence-corrected chi connectivity index (χ3v) is 3.94. The van der Waals surface area contributed by atoms with Crippen molar-refractivity contribution < 1.29 is 23.2 Å². The van der Waals surface area contributed by atoms with Crippen LogP contribution in [0.2, 0.25) is 0 Å². The Labute approximate surface area is 152 Å². The van der Waals surface area contributed by atoms with E-state index in [1.165, 1.54) is 6.26 Å². The van der Waals surface area contributed by atoms with E-state index in [0.717, 1.165) is 11.8 Å². The number of ether oxygens (including phenoxy) is 1. The van der Waals surface area contributed by atoms with Crippen molar-refractivity contribution in [3.05, 3.63) is 48.2 Å². The van der Waals surface area contributed by atoms with Crippen LogP contribution in [0.3, 0.4) is 0 Å². The number of aromatic nitrogens is 2. The summed E-state index contributed by atoms with van der Waals surface area (Å²) >= 11 is 1.10. The molecule has 3 aromatic rings. The van der Waals surface area contributed by atoms with Gasteiger partial charge in [0.05, 0.1) is 24.2 Å². The number of carbonyl (C=O) groups excluding carboxylic acids is 2. The highest BCUT2D eigenvalue weighted by molar-refractivity contribution is 7.99. The van der Waals surface area contributed by atoms with Gasteiger partial charge in [0.1, 0.15) is 0 Å². The Kier molecular flexibility index (Phi) is 5.69. The van der Waals surface area contributed by atoms with Crippen LogP contribution >= 0.6 is 11.8 Å². The van der Waals surface area contributed by atoms with Crippen molar-refractivity contribution in [3.63, 3.8) is 0 Å². The van der Waals surface area contributed by atoms with Gasteiger partial charge in [-0.1, -0.05) is 17.8 Å². The van der Waals surface area contributed by atoms with Crippen molar-refractivity contribution in [2.24, 2.45) is 0 Å². The molecule has 0 aliphatic heterocycles. The van der Waals surface area contributed by atoms with Gasteiger partial charge in [0.15, 0.2) is 5.76 Å². The summed E-state index contributed by atoms with van der Waals surface area (Å²) in [6.07, 6.45) is 1.50. The van der Waals surface area contributed by atoms with E-state index in [1.54, 1.807) is 43.3 Å². The van der Waals surface area contributed by atoms with E-state index < -0.39 is 5.97 Å². The van der Waals surface area contributed by atoms with Crippen molar-refractivity contribution in [1.29, 1.82) is 0 Å². The summed E-state index contributed by atoms with van der Waals surface area (Å²) in [5.41, 5.74) is 0.875. The molecule has 2 aromatic heterocycles. The predicted molar refractivity (Wildman–Crippen MR) is 93.8 cm³/mol. The maximum absolute atomic E-state index is 12.1. The number of carbonyl (C=O) groups is 2. The third kappa shape index (κ3) is 4.51. The van der Waals surface area contributed by atoms with Gasteiger partial charge in [0, 0.05) is 5.69 Å². The summed E-state index contributed by atoms with van der Waals surface area (Å²) in [6, 6.07) is 9.95. The fourth-order valence-electron chi connectivity index (χ4n) is 2.03. The van der Waals surface area contributed by atoms with Crippen LogP contribution in [-0.4, -0.2) is 34.4 Å². The highest BCUT2D eigenvalue weighted by atomic mass is 32.2. The average Bonchev–Trinajstić information content (AvgIpc) is 3.32. The zero-order valence-electron chi connectivity index (χ0n) is 13.8. The van der Waals surface area contributed by atoms with Crippen LogP contribution in [0, 0.1) is 0 Å². The minimum atomic E-state index is -0.436. The van der Waals surface area contributed by atoms with Crippen molar-refractivity contribution in [1.82, 2.24) is 10.2 Å². The van der Waals surface area contributed by atoms with Gasteiger partial charge in [-0.2, -0.15) is 0 Å². The molecule has 0 saturated carbocycles. The van der Waals surface area contributed by atoms with Gasteiger partial charge in [-0.05, 0) is 37.3 Å². The lowest BCUT2D eigenvalue weighted by Gasteiger charge is -2.06. The average molecular weight is 373 g/mol. The number of hydrogen-bond donors (Lipinski definition) is 1. The van der Waals surface area contributed by atoms with Crippen LogP contribution in [0.25, 0.3) is 11.7 Å². The fourth-order valence-corrected chi connectivity index (χ4v) is 2.59. The Hall–Kier alpha value is -3.07. The van der Waals surface area contributed by atoms with Gasteiger partial charge in [0.2, 0.25) is 5.91 Å². The number of furan rings is 1. The molecule has 0 saturated heterocycles. The first kappa shape index (κ1) is 17.7. The van der Waals surface area contributed by atoms with E-state index in [2.05, 4.69) is 15.5 Å². The Morgan fingerprint density at radius 3 is 2.88 bits per heavy atom. The van der Waals surface area contributed by atoms with Gasteiger partial charge < -0.3 is 18.9 Å². The first-order valence-corrected chi connectivity index (χ1v) is 8.71. The molecule has 0 aliphatic rings. The molecule has 134 valence electrons. The van der Waals surface area contributed by atoms with Crippen LogP contribution in [0.1, 0.15) is 17.3 Å². The number of anilines is 1. The molecule has 0 radical (unpaired) electrons. The quantitative estimate of drug-likeness (QED) is 0.497. The monoisotopic (exact) mass is 373 g/mol. The molecule has 0 aliphatic carbocycles. The fraction of sp³-hybridized carbons (Fsp3) is 0.176. The largest absolute Gasteiger partial charge is 0.462 e. The summed E-state index contributed by atoms with van der Waals surface area (Å²) in [6.45, 7) is 2.02. The van der Waals surface area contributed by atoms with E-state index in [-0.39, 0.29) is 29.4 Å². The van der Waals surface area contributed by atoms with E-state index in [1.807, 2.05) is 0 Å². The Morgan fingerprint density at radius 2 is 2.12 bits per heavy atom. The standard InChI is InChI=1S/C17H15N3O5S/c1-2-23-16(22)11-5-3-6-12(9-11)18-14(21)10-26-17-20-19-15(25-17)13-7-4-8-24-13/h3-9H,2,10H2,1H3,(H,18,21). The second-order valence-corrected chi connectivity index (χ2v) is 5.92. The SMILES string of the molecule is CCOC(=O)c1cccc(NC(=O)CSc2nnc(-c3ccco3)o2)c1. The maximum Gasteiger partial charge on any atom is 0.338 e. The zero-order valence-corrected chi connectivity index (χ0v) is 14.6. The lowest BCUT2D eigenvalue weighted by atomic mass is 10.2. The lowest BCUT2D eigenvalue weighted by molar-refractivity contribution is -0.113. The molecule has 1 aromatic carbocycles. The molecular weight excluding hydrogens is 358 g/mol. The first-order chi connectivity index (χ1) is 12.7. The van der Waals surface area contributed by atoms with Crippen molar-refractivity contribution in [3.8, 4) is 11.7 Å². The van der Waals surface area contributed by atoms with Crippen LogP contribution in [0.15, 0.2) is 56.7 Å². The first-order valence-electron chi connectivity index (χ1n) is 7.73. The number of thioether (sulfide) groups is 1. The van der Waals surface area contributed by atoms with Gasteiger partial charge in [-0.15, -0.1) is 10.2 Å². The molecule has 26 heavy (non-hydrogen) atoms. The second kappa shape index (κ2) is 8.34. The molecule has 0 atom stereocenters. The number of hydrogen-bond acceptors (Lipinski definition) is 8. The molecule has 9 heteroatoms. The number of esters is 1. The number of nitrogens with one attached hydrogen (secondary N) is 1. The summed E-state index contributed by atoms with van der Waals surface area (Å²) in [7, 11) is 0. The van der Waals surface area contributed by atoms with Gasteiger partial charge in [-0.3, -0.25) is 4.79 Å².